The predicted octanol–water partition coefficient (Wildman–Crippen LogP) is 3.49. The fourth-order valence-corrected chi connectivity index (χ4v) is 3.32. The highest BCUT2D eigenvalue weighted by molar-refractivity contribution is 5.44. The summed E-state index contributed by atoms with van der Waals surface area (Å²) in [4.78, 5) is 15.1. The van der Waals surface area contributed by atoms with Crippen LogP contribution in [0.4, 0.5) is 8.78 Å². The predicted molar refractivity (Wildman–Crippen MR) is 93.7 cm³/mol. The maximum atomic E-state index is 13.3. The summed E-state index contributed by atoms with van der Waals surface area (Å²) in [6.45, 7) is 3.99. The van der Waals surface area contributed by atoms with Crippen molar-refractivity contribution in [2.45, 2.75) is 32.2 Å². The number of aromatic nitrogens is 4. The van der Waals surface area contributed by atoms with Gasteiger partial charge in [-0.1, -0.05) is 5.16 Å². The smallest absolute Gasteiger partial charge is 0.278 e. The summed E-state index contributed by atoms with van der Waals surface area (Å²) in [6, 6.07) is 3.65. The number of aryl methyl sites for hydroxylation is 1. The van der Waals surface area contributed by atoms with E-state index >= 15 is 0 Å². The van der Waals surface area contributed by atoms with Gasteiger partial charge in [-0.3, -0.25) is 9.88 Å². The molecule has 2 aromatic heterocycles. The highest BCUT2D eigenvalue weighted by Crippen LogP contribution is 2.28. The first-order valence-corrected chi connectivity index (χ1v) is 8.87. The molecule has 1 fully saturated rings. The van der Waals surface area contributed by atoms with Crippen molar-refractivity contribution in [3.05, 3.63) is 59.3 Å². The number of hydrogen-bond acceptors (Lipinski definition) is 6. The van der Waals surface area contributed by atoms with Crippen molar-refractivity contribution >= 4 is 0 Å². The van der Waals surface area contributed by atoms with Gasteiger partial charge in [-0.15, -0.1) is 0 Å². The third-order valence-electron chi connectivity index (χ3n) is 4.72. The second-order valence-corrected chi connectivity index (χ2v) is 6.83. The molecule has 140 valence electrons. The van der Waals surface area contributed by atoms with Crippen LogP contribution in [0.1, 0.15) is 35.8 Å². The topological polar surface area (TPSA) is 67.9 Å². The van der Waals surface area contributed by atoms with Crippen LogP contribution in [-0.2, 0) is 6.54 Å². The van der Waals surface area contributed by atoms with Crippen LogP contribution in [0.3, 0.4) is 0 Å². The van der Waals surface area contributed by atoms with E-state index in [9.17, 15) is 8.78 Å². The average molecular weight is 371 g/mol. The lowest BCUT2D eigenvalue weighted by Crippen LogP contribution is -2.32. The Balaban J connectivity index is 1.37. The van der Waals surface area contributed by atoms with E-state index in [0.29, 0.717) is 29.5 Å². The molecule has 1 aliphatic heterocycles. The van der Waals surface area contributed by atoms with Crippen LogP contribution >= 0.6 is 0 Å². The molecule has 4 rings (SSSR count). The molecule has 0 radical (unpaired) electrons. The first-order valence-electron chi connectivity index (χ1n) is 8.87. The van der Waals surface area contributed by atoms with Crippen LogP contribution in [0.15, 0.2) is 35.1 Å². The maximum Gasteiger partial charge on any atom is 0.278 e. The molecule has 0 aliphatic carbocycles. The number of rotatable bonds is 4. The van der Waals surface area contributed by atoms with E-state index in [1.807, 2.05) is 6.92 Å². The number of hydrogen-bond donors (Lipinski definition) is 0. The van der Waals surface area contributed by atoms with Crippen molar-refractivity contribution in [1.29, 1.82) is 0 Å². The van der Waals surface area contributed by atoms with E-state index in [2.05, 4.69) is 25.0 Å². The molecule has 3 aromatic rings. The van der Waals surface area contributed by atoms with E-state index in [1.54, 1.807) is 12.4 Å². The van der Waals surface area contributed by atoms with E-state index in [1.165, 1.54) is 12.1 Å². The van der Waals surface area contributed by atoms with Crippen LogP contribution in [0.2, 0.25) is 0 Å². The Labute approximate surface area is 155 Å². The van der Waals surface area contributed by atoms with Gasteiger partial charge in [0.1, 0.15) is 17.3 Å². The third kappa shape index (κ3) is 4.16. The second-order valence-electron chi connectivity index (χ2n) is 6.83. The molecule has 1 aliphatic rings. The monoisotopic (exact) mass is 371 g/mol. The zero-order valence-corrected chi connectivity index (χ0v) is 14.9. The van der Waals surface area contributed by atoms with Crippen molar-refractivity contribution in [2.75, 3.05) is 13.1 Å². The largest absolute Gasteiger partial charge is 0.332 e. The van der Waals surface area contributed by atoms with Gasteiger partial charge in [-0.05, 0) is 50.6 Å². The number of nitrogens with zero attached hydrogens (tertiary/aromatic N) is 5. The minimum atomic E-state index is -0.543. The Kier molecular flexibility index (Phi) is 4.89. The standard InChI is InChI=1S/C19H19F2N5O/c1-12-9-23-17(10-22-12)19-24-18(25-27-19)14-2-4-26(5-3-14)11-13-6-15(20)8-16(21)7-13/h6-10,14H,2-5,11H2,1H3. The quantitative estimate of drug-likeness (QED) is 0.699. The van der Waals surface area contributed by atoms with Gasteiger partial charge < -0.3 is 4.52 Å². The van der Waals surface area contributed by atoms with Gasteiger partial charge in [0, 0.05) is 24.7 Å². The Morgan fingerprint density at radius 3 is 2.48 bits per heavy atom. The summed E-state index contributed by atoms with van der Waals surface area (Å²) < 4.78 is 32.0. The minimum absolute atomic E-state index is 0.196. The second kappa shape index (κ2) is 7.48. The first kappa shape index (κ1) is 17.7. The third-order valence-corrected chi connectivity index (χ3v) is 4.72. The zero-order chi connectivity index (χ0) is 18.8. The van der Waals surface area contributed by atoms with Crippen LogP contribution < -0.4 is 0 Å². The molecule has 0 atom stereocenters. The molecule has 0 unspecified atom stereocenters. The number of halogens is 2. The molecule has 1 saturated heterocycles. The molecule has 1 aromatic carbocycles. The van der Waals surface area contributed by atoms with Crippen LogP contribution in [-0.4, -0.2) is 38.1 Å². The SMILES string of the molecule is Cc1cnc(-c2nc(C3CCN(Cc4cc(F)cc(F)c4)CC3)no2)cn1. The molecule has 0 N–H and O–H groups in total. The van der Waals surface area contributed by atoms with Crippen LogP contribution in [0.25, 0.3) is 11.6 Å². The number of benzene rings is 1. The first-order chi connectivity index (χ1) is 13.1. The van der Waals surface area contributed by atoms with Crippen molar-refractivity contribution in [3.63, 3.8) is 0 Å². The van der Waals surface area contributed by atoms with E-state index in [4.69, 9.17) is 4.52 Å². The van der Waals surface area contributed by atoms with Gasteiger partial charge >= 0.3 is 0 Å². The van der Waals surface area contributed by atoms with Gasteiger partial charge in [-0.25, -0.2) is 13.8 Å². The summed E-state index contributed by atoms with van der Waals surface area (Å²) in [7, 11) is 0. The summed E-state index contributed by atoms with van der Waals surface area (Å²) in [5.74, 6) is 0.150. The minimum Gasteiger partial charge on any atom is -0.332 e. The summed E-state index contributed by atoms with van der Waals surface area (Å²) in [6.07, 6.45) is 4.99. The Morgan fingerprint density at radius 1 is 1.07 bits per heavy atom. The fraction of sp³-hybridized carbons (Fsp3) is 0.368. The van der Waals surface area contributed by atoms with Crippen molar-refractivity contribution in [3.8, 4) is 11.6 Å². The molecule has 0 amide bonds. The van der Waals surface area contributed by atoms with Crippen molar-refractivity contribution in [2.24, 2.45) is 0 Å². The fourth-order valence-electron chi connectivity index (χ4n) is 3.32. The Bertz CT molecular complexity index is 900. The molecule has 27 heavy (non-hydrogen) atoms. The highest BCUT2D eigenvalue weighted by Gasteiger charge is 2.25. The molecule has 8 heteroatoms. The van der Waals surface area contributed by atoms with Gasteiger partial charge in [0.15, 0.2) is 5.82 Å². The van der Waals surface area contributed by atoms with Crippen molar-refractivity contribution < 1.29 is 13.3 Å². The molecule has 6 nitrogen and oxygen atoms in total. The Morgan fingerprint density at radius 2 is 1.81 bits per heavy atom. The average Bonchev–Trinajstić information content (AvgIpc) is 3.12. The maximum absolute atomic E-state index is 13.3. The van der Waals surface area contributed by atoms with E-state index < -0.39 is 11.6 Å². The number of likely N-dealkylation sites (tertiary alicyclic amines) is 1. The zero-order valence-electron chi connectivity index (χ0n) is 14.9. The lowest BCUT2D eigenvalue weighted by molar-refractivity contribution is 0.200. The summed E-state index contributed by atoms with van der Waals surface area (Å²) in [5, 5.41) is 4.10. The van der Waals surface area contributed by atoms with Gasteiger partial charge in [-0.2, -0.15) is 4.98 Å². The van der Waals surface area contributed by atoms with Crippen LogP contribution in [0.5, 0.6) is 0 Å². The van der Waals surface area contributed by atoms with E-state index in [0.717, 1.165) is 37.7 Å². The van der Waals surface area contributed by atoms with Gasteiger partial charge in [0.2, 0.25) is 0 Å². The Hall–Kier alpha value is -2.74. The summed E-state index contributed by atoms with van der Waals surface area (Å²) in [5.41, 5.74) is 2.03. The summed E-state index contributed by atoms with van der Waals surface area (Å²) >= 11 is 0. The van der Waals surface area contributed by atoms with Gasteiger partial charge in [0.25, 0.3) is 5.89 Å². The lowest BCUT2D eigenvalue weighted by Gasteiger charge is -2.30. The van der Waals surface area contributed by atoms with Gasteiger partial charge in [0.05, 0.1) is 11.9 Å². The van der Waals surface area contributed by atoms with Crippen molar-refractivity contribution in [1.82, 2.24) is 25.0 Å². The number of piperidine rings is 1. The highest BCUT2D eigenvalue weighted by atomic mass is 19.1. The molecule has 0 bridgehead atoms. The molecular weight excluding hydrogens is 352 g/mol. The molecule has 3 heterocycles. The molecule has 0 spiro atoms. The molecule has 0 saturated carbocycles. The molecular formula is C19H19F2N5O. The van der Waals surface area contributed by atoms with Crippen LogP contribution in [0, 0.1) is 18.6 Å². The lowest BCUT2D eigenvalue weighted by atomic mass is 9.96. The normalized spacial score (nSPS) is 16.0. The van der Waals surface area contributed by atoms with E-state index in [-0.39, 0.29) is 5.92 Å².